The first-order valence-electron chi connectivity index (χ1n) is 17.8. The molecule has 1 aliphatic carbocycles. The van der Waals surface area contributed by atoms with Crippen LogP contribution in [0.2, 0.25) is 10.0 Å². The number of hydrogen-bond donors (Lipinski definition) is 4. The van der Waals surface area contributed by atoms with Crippen LogP contribution in [-0.4, -0.2) is 64.5 Å². The maximum absolute atomic E-state index is 14.8. The predicted molar refractivity (Wildman–Crippen MR) is 202 cm³/mol. The minimum atomic E-state index is -1.45. The first-order chi connectivity index (χ1) is 24.9. The average Bonchev–Trinajstić information content (AvgIpc) is 3.77. The molecule has 0 bridgehead atoms. The van der Waals surface area contributed by atoms with Crippen molar-refractivity contribution < 1.29 is 28.7 Å². The highest BCUT2D eigenvalue weighted by Crippen LogP contribution is 2.38. The third-order valence-electron chi connectivity index (χ3n) is 10.1. The fourth-order valence-corrected chi connectivity index (χ4v) is 7.21. The third kappa shape index (κ3) is 8.61. The molecule has 0 spiro atoms. The molecule has 14 heteroatoms. The molecule has 2 aliphatic rings. The third-order valence-corrected chi connectivity index (χ3v) is 10.6. The Morgan fingerprint density at radius 2 is 1.69 bits per heavy atom. The van der Waals surface area contributed by atoms with Crippen molar-refractivity contribution in [1.29, 1.82) is 0 Å². The number of fused-ring (bicyclic) bond motifs is 3. The summed E-state index contributed by atoms with van der Waals surface area (Å²) in [4.78, 5) is 58.1. The normalized spacial score (nSPS) is 19.0. The molecule has 1 aliphatic heterocycles. The molecular formula is C38H46Cl2N6O6. The standard InChI is InChI=1S/C38H46Cl2N6O6/c1-6-21(4)31(29-18-30(46-45-29)35(48)51-8-3)42-36(49)38(15-14-28-26(19-38)25-16-24(39)17-27(40)33(25)41-28)44-34(47)32(22(5)7-2)43-37(50)52-20-23-12-10-9-11-13-23/h9-13,16-17,21-22,31-32,41H,6-8,14-15,18-20H2,1-5H3,(H,42,49)(H,43,50)(H,44,47)/t21?,22?,31-,32-,38-/m0/s1. The lowest BCUT2D eigenvalue weighted by Gasteiger charge is -2.40. The van der Waals surface area contributed by atoms with E-state index in [1.54, 1.807) is 19.1 Å². The number of nitrogens with one attached hydrogen (secondary N) is 4. The van der Waals surface area contributed by atoms with Gasteiger partial charge in [0.2, 0.25) is 11.8 Å². The number of nitrogens with zero attached hydrogens (tertiary/aromatic N) is 2. The lowest BCUT2D eigenvalue weighted by Crippen LogP contribution is -2.66. The maximum Gasteiger partial charge on any atom is 0.408 e. The highest BCUT2D eigenvalue weighted by molar-refractivity contribution is 6.41. The van der Waals surface area contributed by atoms with Crippen LogP contribution in [0.4, 0.5) is 4.79 Å². The molecule has 0 saturated heterocycles. The smallest absolute Gasteiger partial charge is 0.408 e. The van der Waals surface area contributed by atoms with Gasteiger partial charge in [-0.15, -0.1) is 5.10 Å². The first-order valence-corrected chi connectivity index (χ1v) is 18.5. The summed E-state index contributed by atoms with van der Waals surface area (Å²) in [6, 6.07) is 11.1. The summed E-state index contributed by atoms with van der Waals surface area (Å²) < 4.78 is 10.6. The van der Waals surface area contributed by atoms with Crippen LogP contribution in [0.1, 0.15) is 77.1 Å². The number of aromatic nitrogens is 1. The topological polar surface area (TPSA) is 163 Å². The summed E-state index contributed by atoms with van der Waals surface area (Å²) in [6.07, 6.45) is 1.41. The number of aromatic amines is 1. The van der Waals surface area contributed by atoms with E-state index in [0.29, 0.717) is 40.5 Å². The molecular weight excluding hydrogens is 707 g/mol. The van der Waals surface area contributed by atoms with Gasteiger partial charge in [-0.05, 0) is 54.9 Å². The summed E-state index contributed by atoms with van der Waals surface area (Å²) in [6.45, 7) is 9.70. The van der Waals surface area contributed by atoms with E-state index in [1.165, 1.54) is 0 Å². The zero-order chi connectivity index (χ0) is 37.6. The van der Waals surface area contributed by atoms with Crippen LogP contribution in [-0.2, 0) is 43.3 Å². The second-order valence-corrected chi connectivity index (χ2v) is 14.4. The number of esters is 1. The van der Waals surface area contributed by atoms with E-state index in [1.807, 2.05) is 58.0 Å². The summed E-state index contributed by atoms with van der Waals surface area (Å²) in [5, 5.41) is 19.1. The summed E-state index contributed by atoms with van der Waals surface area (Å²) in [7, 11) is 0. The Morgan fingerprint density at radius 1 is 0.962 bits per heavy atom. The second-order valence-electron chi connectivity index (χ2n) is 13.6. The SMILES string of the molecule is CCOC(=O)C1=NN=C([C@@H](NC(=O)[C@]2(NC(=O)[C@@H](NC(=O)OCc3ccccc3)C(C)CC)CCc3[nH]c4c(Cl)cc(Cl)cc4c3C2)C(C)CC)C1. The lowest BCUT2D eigenvalue weighted by atomic mass is 9.77. The monoisotopic (exact) mass is 752 g/mol. The molecule has 0 fully saturated rings. The van der Waals surface area contributed by atoms with Crippen LogP contribution in [0.5, 0.6) is 0 Å². The number of benzene rings is 2. The molecule has 5 rings (SSSR count). The molecule has 0 saturated carbocycles. The van der Waals surface area contributed by atoms with Crippen molar-refractivity contribution in [3.63, 3.8) is 0 Å². The van der Waals surface area contributed by atoms with Gasteiger partial charge in [0.15, 0.2) is 5.71 Å². The molecule has 2 unspecified atom stereocenters. The number of alkyl carbamates (subject to hydrolysis) is 1. The van der Waals surface area contributed by atoms with Crippen molar-refractivity contribution in [3.05, 3.63) is 69.3 Å². The summed E-state index contributed by atoms with van der Waals surface area (Å²) >= 11 is 13.0. The average molecular weight is 754 g/mol. The molecule has 3 amide bonds. The molecule has 278 valence electrons. The minimum absolute atomic E-state index is 0.0325. The van der Waals surface area contributed by atoms with Gasteiger partial charge in [-0.3, -0.25) is 9.59 Å². The van der Waals surface area contributed by atoms with Crippen LogP contribution in [0.3, 0.4) is 0 Å². The fourth-order valence-electron chi connectivity index (χ4n) is 6.67. The van der Waals surface area contributed by atoms with E-state index in [0.717, 1.165) is 22.2 Å². The Hall–Kier alpha value is -4.42. The van der Waals surface area contributed by atoms with E-state index in [2.05, 4.69) is 31.1 Å². The largest absolute Gasteiger partial charge is 0.461 e. The molecule has 2 heterocycles. The number of carbonyl (C=O) groups is 4. The van der Waals surface area contributed by atoms with Crippen molar-refractivity contribution in [3.8, 4) is 0 Å². The Morgan fingerprint density at radius 3 is 2.38 bits per heavy atom. The number of halogens is 2. The van der Waals surface area contributed by atoms with Gasteiger partial charge >= 0.3 is 12.1 Å². The van der Waals surface area contributed by atoms with Gasteiger partial charge in [0.05, 0.1) is 28.9 Å². The van der Waals surface area contributed by atoms with Crippen molar-refractivity contribution in [2.45, 2.75) is 97.4 Å². The Kier molecular flexibility index (Phi) is 12.6. The molecule has 3 aromatic rings. The zero-order valence-electron chi connectivity index (χ0n) is 30.1. The number of H-pyrrole nitrogens is 1. The molecule has 0 radical (unpaired) electrons. The molecule has 12 nitrogen and oxygen atoms in total. The van der Waals surface area contributed by atoms with Crippen LogP contribution in [0.25, 0.3) is 10.9 Å². The Labute approximate surface area is 313 Å². The Bertz CT molecular complexity index is 1880. The van der Waals surface area contributed by atoms with Gasteiger partial charge in [0, 0.05) is 28.9 Å². The summed E-state index contributed by atoms with van der Waals surface area (Å²) in [5.41, 5.74) is 2.43. The zero-order valence-corrected chi connectivity index (χ0v) is 31.6. The minimum Gasteiger partial charge on any atom is -0.461 e. The van der Waals surface area contributed by atoms with Gasteiger partial charge in [-0.1, -0.05) is 94.1 Å². The quantitative estimate of drug-likeness (QED) is 0.138. The van der Waals surface area contributed by atoms with Crippen molar-refractivity contribution in [1.82, 2.24) is 20.9 Å². The predicted octanol–water partition coefficient (Wildman–Crippen LogP) is 6.45. The van der Waals surface area contributed by atoms with E-state index in [4.69, 9.17) is 32.7 Å². The van der Waals surface area contributed by atoms with Crippen LogP contribution in [0.15, 0.2) is 52.7 Å². The number of carbonyl (C=O) groups excluding carboxylic acids is 4. The van der Waals surface area contributed by atoms with Crippen molar-refractivity contribution in [2.24, 2.45) is 22.0 Å². The van der Waals surface area contributed by atoms with E-state index in [9.17, 15) is 19.2 Å². The van der Waals surface area contributed by atoms with Gasteiger partial charge in [-0.25, -0.2) is 9.59 Å². The van der Waals surface area contributed by atoms with Crippen LogP contribution >= 0.6 is 23.2 Å². The number of hydrogen-bond acceptors (Lipinski definition) is 8. The Balaban J connectivity index is 1.46. The summed E-state index contributed by atoms with van der Waals surface area (Å²) in [5.74, 6) is -1.89. The van der Waals surface area contributed by atoms with Gasteiger partial charge in [0.25, 0.3) is 0 Å². The van der Waals surface area contributed by atoms with Gasteiger partial charge < -0.3 is 30.4 Å². The molecule has 2 aromatic carbocycles. The number of amides is 3. The van der Waals surface area contributed by atoms with Gasteiger partial charge in [0.1, 0.15) is 18.2 Å². The van der Waals surface area contributed by atoms with E-state index >= 15 is 0 Å². The maximum atomic E-state index is 14.8. The van der Waals surface area contributed by atoms with Crippen LogP contribution < -0.4 is 16.0 Å². The molecule has 5 atom stereocenters. The second kappa shape index (κ2) is 16.9. The van der Waals surface area contributed by atoms with Gasteiger partial charge in [-0.2, -0.15) is 5.10 Å². The highest BCUT2D eigenvalue weighted by Gasteiger charge is 2.47. The van der Waals surface area contributed by atoms with E-state index < -0.39 is 41.5 Å². The van der Waals surface area contributed by atoms with Crippen molar-refractivity contribution >= 4 is 69.4 Å². The number of rotatable bonds is 14. The molecule has 4 N–H and O–H groups in total. The lowest BCUT2D eigenvalue weighted by molar-refractivity contribution is -0.136. The van der Waals surface area contributed by atoms with E-state index in [-0.39, 0.29) is 50.0 Å². The molecule has 1 aromatic heterocycles. The highest BCUT2D eigenvalue weighted by atomic mass is 35.5. The van der Waals surface area contributed by atoms with Crippen LogP contribution in [0, 0.1) is 11.8 Å². The van der Waals surface area contributed by atoms with Crippen molar-refractivity contribution in [2.75, 3.05) is 6.61 Å². The number of ether oxygens (including phenoxy) is 2. The molecule has 52 heavy (non-hydrogen) atoms. The first kappa shape index (κ1) is 38.8. The fraction of sp³-hybridized carbons (Fsp3) is 0.474. The number of aryl methyl sites for hydroxylation is 1.